The van der Waals surface area contributed by atoms with Crippen molar-refractivity contribution in [3.63, 3.8) is 0 Å². The predicted octanol–water partition coefficient (Wildman–Crippen LogP) is 2.57. The molecule has 0 saturated carbocycles. The molecule has 3 fully saturated rings. The van der Waals surface area contributed by atoms with Crippen LogP contribution in [0, 0.1) is 11.3 Å². The van der Waals surface area contributed by atoms with Crippen LogP contribution in [0.5, 0.6) is 0 Å². The van der Waals surface area contributed by atoms with Crippen molar-refractivity contribution >= 4 is 16.9 Å². The molecule has 136 valence electrons. The molecule has 26 heavy (non-hydrogen) atoms. The molecule has 6 rings (SSSR count). The molecule has 5 heterocycles. The summed E-state index contributed by atoms with van der Waals surface area (Å²) in [6, 6.07) is 8.61. The lowest BCUT2D eigenvalue weighted by Gasteiger charge is -2.62. The Labute approximate surface area is 152 Å². The van der Waals surface area contributed by atoms with Crippen LogP contribution >= 0.6 is 0 Å². The van der Waals surface area contributed by atoms with Crippen molar-refractivity contribution < 1.29 is 14.6 Å². The Balaban J connectivity index is 1.73. The molecule has 3 unspecified atom stereocenters. The molecule has 5 heteroatoms. The molecular formula is C21H24N2O3. The predicted molar refractivity (Wildman–Crippen MR) is 98.6 cm³/mol. The van der Waals surface area contributed by atoms with Gasteiger partial charge in [-0.15, -0.1) is 0 Å². The summed E-state index contributed by atoms with van der Waals surface area (Å²) in [7, 11) is 1.43. The number of ether oxygens (including phenoxy) is 1. The third-order valence-electron chi connectivity index (χ3n) is 7.06. The van der Waals surface area contributed by atoms with Gasteiger partial charge in [0.15, 0.2) is 0 Å². The number of H-pyrrole nitrogens is 1. The number of piperidine rings is 3. The third-order valence-corrected chi connectivity index (χ3v) is 7.06. The molecule has 5 atom stereocenters. The smallest absolute Gasteiger partial charge is 0.316 e. The third kappa shape index (κ3) is 1.75. The number of aromatic amines is 1. The van der Waals surface area contributed by atoms with Crippen LogP contribution in [0.15, 0.2) is 35.9 Å². The Morgan fingerprint density at radius 1 is 1.46 bits per heavy atom. The lowest BCUT2D eigenvalue weighted by molar-refractivity contribution is -0.183. The zero-order chi connectivity index (χ0) is 18.1. The summed E-state index contributed by atoms with van der Waals surface area (Å²) in [5.41, 5.74) is 4.12. The minimum Gasteiger partial charge on any atom is -0.468 e. The van der Waals surface area contributed by atoms with Gasteiger partial charge in [0.05, 0.1) is 19.8 Å². The lowest BCUT2D eigenvalue weighted by atomic mass is 9.55. The van der Waals surface area contributed by atoms with E-state index in [0.29, 0.717) is 0 Å². The molecule has 2 aromatic rings. The van der Waals surface area contributed by atoms with Gasteiger partial charge in [-0.1, -0.05) is 29.8 Å². The molecule has 0 amide bonds. The van der Waals surface area contributed by atoms with E-state index in [9.17, 15) is 9.90 Å². The van der Waals surface area contributed by atoms with Crippen molar-refractivity contribution in [2.75, 3.05) is 20.3 Å². The van der Waals surface area contributed by atoms with Gasteiger partial charge in [-0.3, -0.25) is 9.69 Å². The first-order valence-electron chi connectivity index (χ1n) is 9.35. The Hall–Kier alpha value is -2.11. The summed E-state index contributed by atoms with van der Waals surface area (Å²) in [5, 5.41) is 11.7. The van der Waals surface area contributed by atoms with Crippen LogP contribution < -0.4 is 0 Å². The maximum atomic E-state index is 12.9. The largest absolute Gasteiger partial charge is 0.468 e. The van der Waals surface area contributed by atoms with Crippen molar-refractivity contribution in [1.82, 2.24) is 9.88 Å². The summed E-state index contributed by atoms with van der Waals surface area (Å²) in [6.07, 6.45) is 3.72. The first kappa shape index (κ1) is 16.1. The van der Waals surface area contributed by atoms with Gasteiger partial charge in [0.2, 0.25) is 0 Å². The Morgan fingerprint density at radius 3 is 3.00 bits per heavy atom. The van der Waals surface area contributed by atoms with E-state index < -0.39 is 5.41 Å². The maximum Gasteiger partial charge on any atom is 0.316 e. The number of carbonyl (C=O) groups excluding carboxylic acids is 1. The number of fused-ring (bicyclic) bond motifs is 4. The number of aromatic nitrogens is 1. The van der Waals surface area contributed by atoms with Crippen LogP contribution in [0.2, 0.25) is 0 Å². The molecule has 0 radical (unpaired) electrons. The normalized spacial score (nSPS) is 36.3. The maximum absolute atomic E-state index is 12.9. The fourth-order valence-corrected chi connectivity index (χ4v) is 5.88. The summed E-state index contributed by atoms with van der Waals surface area (Å²) < 4.78 is 5.22. The van der Waals surface area contributed by atoms with Crippen LogP contribution in [0.4, 0.5) is 0 Å². The highest BCUT2D eigenvalue weighted by molar-refractivity contribution is 5.86. The second-order valence-electron chi connectivity index (χ2n) is 7.81. The SMILES string of the molecule is C/C=C1/CN2[C@H]3Cc4c([nH]c5ccccc45)[C@@H]2CC1C3(CO)C(=O)OC. The van der Waals surface area contributed by atoms with Gasteiger partial charge in [-0.25, -0.2) is 0 Å². The van der Waals surface area contributed by atoms with Crippen LogP contribution in [0.25, 0.3) is 10.9 Å². The van der Waals surface area contributed by atoms with Gasteiger partial charge in [0.1, 0.15) is 5.41 Å². The summed E-state index contributed by atoms with van der Waals surface area (Å²) >= 11 is 0. The minimum atomic E-state index is -0.874. The number of nitrogens with zero attached hydrogens (tertiary/aromatic N) is 1. The lowest BCUT2D eigenvalue weighted by Crippen LogP contribution is -2.69. The van der Waals surface area contributed by atoms with Crippen molar-refractivity contribution in [2.24, 2.45) is 11.3 Å². The second kappa shape index (κ2) is 5.44. The van der Waals surface area contributed by atoms with Gasteiger partial charge in [0.25, 0.3) is 0 Å². The quantitative estimate of drug-likeness (QED) is 0.644. The summed E-state index contributed by atoms with van der Waals surface area (Å²) in [4.78, 5) is 19.0. The number of nitrogens with one attached hydrogen (secondary N) is 1. The van der Waals surface area contributed by atoms with Crippen molar-refractivity contribution in [1.29, 1.82) is 0 Å². The van der Waals surface area contributed by atoms with E-state index in [4.69, 9.17) is 4.74 Å². The molecule has 0 spiro atoms. The number of carbonyl (C=O) groups is 1. The highest BCUT2D eigenvalue weighted by atomic mass is 16.5. The van der Waals surface area contributed by atoms with E-state index >= 15 is 0 Å². The van der Waals surface area contributed by atoms with Gasteiger partial charge >= 0.3 is 5.97 Å². The Morgan fingerprint density at radius 2 is 2.27 bits per heavy atom. The Kier molecular flexibility index (Phi) is 3.37. The zero-order valence-electron chi connectivity index (χ0n) is 15.2. The molecule has 0 aliphatic carbocycles. The number of hydrogen-bond acceptors (Lipinski definition) is 4. The molecule has 4 aliphatic heterocycles. The molecular weight excluding hydrogens is 328 g/mol. The van der Waals surface area contributed by atoms with Gasteiger partial charge in [-0.2, -0.15) is 0 Å². The second-order valence-corrected chi connectivity index (χ2v) is 7.81. The highest BCUT2D eigenvalue weighted by Crippen LogP contribution is 2.59. The van der Waals surface area contributed by atoms with E-state index in [1.165, 1.54) is 29.3 Å². The average Bonchev–Trinajstić information content (AvgIpc) is 3.06. The summed E-state index contributed by atoms with van der Waals surface area (Å²) in [6.45, 7) is 2.72. The standard InChI is InChI=1S/C21H24N2O3/c1-3-12-10-23-17-9-15(12)21(11-24,20(25)26-2)18(23)8-14-13-6-4-5-7-16(13)22-19(14)17/h3-7,15,17-18,22,24H,8-11H2,1-2H3/b12-3-/t15?,17-,18-,21?/m0/s1. The fraction of sp³-hybridized carbons (Fsp3) is 0.476. The van der Waals surface area contributed by atoms with Crippen LogP contribution in [0.1, 0.15) is 30.6 Å². The van der Waals surface area contributed by atoms with Gasteiger partial charge < -0.3 is 14.8 Å². The van der Waals surface area contributed by atoms with E-state index in [1.807, 2.05) is 13.0 Å². The Bertz CT molecular complexity index is 930. The highest BCUT2D eigenvalue weighted by Gasteiger charge is 2.64. The zero-order valence-corrected chi connectivity index (χ0v) is 15.2. The topological polar surface area (TPSA) is 65.6 Å². The minimum absolute atomic E-state index is 0.0286. The number of rotatable bonds is 2. The van der Waals surface area contributed by atoms with E-state index in [2.05, 4.69) is 34.2 Å². The van der Waals surface area contributed by atoms with Gasteiger partial charge in [-0.05, 0) is 31.4 Å². The number of allylic oxidation sites excluding steroid dienone is 1. The molecule has 3 saturated heterocycles. The van der Waals surface area contributed by atoms with Gasteiger partial charge in [0, 0.05) is 35.1 Å². The number of aliphatic hydroxyl groups excluding tert-OH is 1. The van der Waals surface area contributed by atoms with E-state index in [1.54, 1.807) is 0 Å². The first-order chi connectivity index (χ1) is 12.7. The molecule has 1 aromatic heterocycles. The fourth-order valence-electron chi connectivity index (χ4n) is 5.88. The monoisotopic (exact) mass is 352 g/mol. The number of hydrogen-bond donors (Lipinski definition) is 2. The average molecular weight is 352 g/mol. The van der Waals surface area contributed by atoms with Crippen molar-refractivity contribution in [3.05, 3.63) is 47.2 Å². The number of esters is 1. The molecule has 1 aromatic carbocycles. The molecule has 4 aliphatic rings. The van der Waals surface area contributed by atoms with Crippen molar-refractivity contribution in [3.8, 4) is 0 Å². The first-order valence-corrected chi connectivity index (χ1v) is 9.35. The van der Waals surface area contributed by atoms with Crippen LogP contribution in [0.3, 0.4) is 0 Å². The van der Waals surface area contributed by atoms with E-state index in [0.717, 1.165) is 24.9 Å². The summed E-state index contributed by atoms with van der Waals surface area (Å²) in [5.74, 6) is -0.245. The number of para-hydroxylation sites is 1. The van der Waals surface area contributed by atoms with Crippen molar-refractivity contribution in [2.45, 2.75) is 31.8 Å². The molecule has 4 bridgehead atoms. The molecule has 2 N–H and O–H groups in total. The number of methoxy groups -OCH3 is 1. The number of aliphatic hydroxyl groups is 1. The number of benzene rings is 1. The van der Waals surface area contributed by atoms with Crippen LogP contribution in [-0.4, -0.2) is 47.3 Å². The van der Waals surface area contributed by atoms with E-state index in [-0.39, 0.29) is 30.6 Å². The van der Waals surface area contributed by atoms with Crippen LogP contribution in [-0.2, 0) is 16.0 Å². The molecule has 5 nitrogen and oxygen atoms in total.